The van der Waals surface area contributed by atoms with E-state index in [1.807, 2.05) is 4.90 Å². The number of rotatable bonds is 4. The Balaban J connectivity index is 1.36. The Bertz CT molecular complexity index is 972. The molecule has 1 atom stereocenters. The maximum Gasteiger partial charge on any atom is 0.251 e. The van der Waals surface area contributed by atoms with Gasteiger partial charge in [0.15, 0.2) is 0 Å². The lowest BCUT2D eigenvalue weighted by Gasteiger charge is -2.35. The van der Waals surface area contributed by atoms with Gasteiger partial charge in [-0.2, -0.15) is 0 Å². The van der Waals surface area contributed by atoms with Crippen molar-refractivity contribution in [1.82, 2.24) is 10.2 Å². The maximum absolute atomic E-state index is 14.1. The zero-order chi connectivity index (χ0) is 21.3. The number of nitrogens with zero attached hydrogens (tertiary/aromatic N) is 2. The first-order chi connectivity index (χ1) is 14.4. The van der Waals surface area contributed by atoms with Crippen molar-refractivity contribution in [2.45, 2.75) is 31.3 Å². The first-order valence-electron chi connectivity index (χ1n) is 9.86. The summed E-state index contributed by atoms with van der Waals surface area (Å²) in [7, 11) is 0. The standard InChI is InChI=1S/C22H21F2N3O3/c23-15-7-5-14(6-8-15)21(29)25-16-9-11-26(12-10-16)19-13-20(28)27(22(19)30)18-4-2-1-3-17(18)24/h1-8,16,19H,9-13H2,(H,25,29)/t19-/m1/s1. The third-order valence-corrected chi connectivity index (χ3v) is 5.63. The second-order valence-electron chi connectivity index (χ2n) is 7.53. The zero-order valence-corrected chi connectivity index (χ0v) is 16.2. The minimum absolute atomic E-state index is 0.0137. The topological polar surface area (TPSA) is 69.7 Å². The number of imide groups is 1. The third kappa shape index (κ3) is 3.95. The van der Waals surface area contributed by atoms with E-state index in [4.69, 9.17) is 0 Å². The zero-order valence-electron chi connectivity index (χ0n) is 16.2. The number of likely N-dealkylation sites (tertiary alicyclic amines) is 1. The highest BCUT2D eigenvalue weighted by Gasteiger charge is 2.44. The Hall–Kier alpha value is -3.13. The highest BCUT2D eigenvalue weighted by molar-refractivity contribution is 6.22. The normalized spacial score (nSPS) is 20.6. The van der Waals surface area contributed by atoms with Gasteiger partial charge in [-0.05, 0) is 49.2 Å². The van der Waals surface area contributed by atoms with Crippen LogP contribution in [0.4, 0.5) is 14.5 Å². The molecular formula is C22H21F2N3O3. The molecule has 1 N–H and O–H groups in total. The van der Waals surface area contributed by atoms with Gasteiger partial charge in [0.05, 0.1) is 18.2 Å². The molecule has 8 heteroatoms. The summed E-state index contributed by atoms with van der Waals surface area (Å²) in [5.74, 6) is -2.12. The molecule has 2 aliphatic heterocycles. The molecule has 0 saturated carbocycles. The molecule has 2 aromatic carbocycles. The molecule has 4 rings (SSSR count). The van der Waals surface area contributed by atoms with Gasteiger partial charge < -0.3 is 5.32 Å². The van der Waals surface area contributed by atoms with Gasteiger partial charge in [-0.25, -0.2) is 13.7 Å². The van der Waals surface area contributed by atoms with E-state index in [0.717, 1.165) is 4.90 Å². The molecule has 2 heterocycles. The molecule has 2 aliphatic rings. The summed E-state index contributed by atoms with van der Waals surface area (Å²) in [5.41, 5.74) is 0.368. The van der Waals surface area contributed by atoms with Gasteiger partial charge >= 0.3 is 0 Å². The predicted molar refractivity (Wildman–Crippen MR) is 106 cm³/mol. The van der Waals surface area contributed by atoms with Gasteiger partial charge in [-0.1, -0.05) is 12.1 Å². The Morgan fingerprint density at radius 2 is 1.63 bits per heavy atom. The number of para-hydroxylation sites is 1. The van der Waals surface area contributed by atoms with Crippen molar-refractivity contribution in [2.75, 3.05) is 18.0 Å². The summed E-state index contributed by atoms with van der Waals surface area (Å²) in [5, 5.41) is 2.93. The van der Waals surface area contributed by atoms with Crippen molar-refractivity contribution in [3.05, 3.63) is 65.7 Å². The average Bonchev–Trinajstić information content (AvgIpc) is 3.03. The van der Waals surface area contributed by atoms with Gasteiger partial charge in [-0.3, -0.25) is 19.3 Å². The molecule has 2 fully saturated rings. The smallest absolute Gasteiger partial charge is 0.251 e. The number of hydrogen-bond acceptors (Lipinski definition) is 4. The summed E-state index contributed by atoms with van der Waals surface area (Å²) in [6.07, 6.45) is 1.25. The maximum atomic E-state index is 14.1. The van der Waals surface area contributed by atoms with Crippen molar-refractivity contribution in [3.63, 3.8) is 0 Å². The van der Waals surface area contributed by atoms with Crippen molar-refractivity contribution in [1.29, 1.82) is 0 Å². The molecule has 30 heavy (non-hydrogen) atoms. The lowest BCUT2D eigenvalue weighted by Crippen LogP contribution is -2.50. The van der Waals surface area contributed by atoms with Crippen LogP contribution in [0.3, 0.4) is 0 Å². The number of nitrogens with one attached hydrogen (secondary N) is 1. The molecule has 0 aromatic heterocycles. The molecule has 0 spiro atoms. The lowest BCUT2D eigenvalue weighted by molar-refractivity contribution is -0.123. The van der Waals surface area contributed by atoms with Gasteiger partial charge in [-0.15, -0.1) is 0 Å². The van der Waals surface area contributed by atoms with Crippen LogP contribution in [0.2, 0.25) is 0 Å². The highest BCUT2D eigenvalue weighted by atomic mass is 19.1. The van der Waals surface area contributed by atoms with E-state index in [-0.39, 0.29) is 24.1 Å². The second kappa shape index (κ2) is 8.31. The van der Waals surface area contributed by atoms with Crippen molar-refractivity contribution < 1.29 is 23.2 Å². The summed E-state index contributed by atoms with van der Waals surface area (Å²) in [6.45, 7) is 1.06. The van der Waals surface area contributed by atoms with Gasteiger partial charge in [0, 0.05) is 24.7 Å². The number of amides is 3. The van der Waals surface area contributed by atoms with E-state index in [1.54, 1.807) is 6.07 Å². The van der Waals surface area contributed by atoms with Gasteiger partial charge in [0.25, 0.3) is 11.8 Å². The molecular weight excluding hydrogens is 392 g/mol. The van der Waals surface area contributed by atoms with Crippen LogP contribution >= 0.6 is 0 Å². The quantitative estimate of drug-likeness (QED) is 0.782. The molecule has 0 bridgehead atoms. The monoisotopic (exact) mass is 413 g/mol. The largest absolute Gasteiger partial charge is 0.349 e. The fraction of sp³-hybridized carbons (Fsp3) is 0.318. The van der Waals surface area contributed by atoms with E-state index in [1.165, 1.54) is 42.5 Å². The van der Waals surface area contributed by atoms with E-state index in [2.05, 4.69) is 5.32 Å². The minimum atomic E-state index is -0.620. The average molecular weight is 413 g/mol. The molecule has 6 nitrogen and oxygen atoms in total. The van der Waals surface area contributed by atoms with Gasteiger partial charge in [0.2, 0.25) is 5.91 Å². The van der Waals surface area contributed by atoms with Crippen molar-refractivity contribution in [2.24, 2.45) is 0 Å². The van der Waals surface area contributed by atoms with Crippen LogP contribution in [0.5, 0.6) is 0 Å². The molecule has 0 radical (unpaired) electrons. The minimum Gasteiger partial charge on any atom is -0.349 e. The third-order valence-electron chi connectivity index (χ3n) is 5.63. The Morgan fingerprint density at radius 1 is 0.967 bits per heavy atom. The number of halogens is 2. The predicted octanol–water partition coefficient (Wildman–Crippen LogP) is 2.49. The molecule has 156 valence electrons. The molecule has 2 aromatic rings. The van der Waals surface area contributed by atoms with Crippen LogP contribution in [0, 0.1) is 11.6 Å². The molecule has 3 amide bonds. The molecule has 0 unspecified atom stereocenters. The molecule has 2 saturated heterocycles. The first-order valence-corrected chi connectivity index (χ1v) is 9.86. The van der Waals surface area contributed by atoms with Gasteiger partial charge in [0.1, 0.15) is 11.6 Å². The Kier molecular flexibility index (Phi) is 5.59. The van der Waals surface area contributed by atoms with Crippen LogP contribution in [-0.4, -0.2) is 47.8 Å². The van der Waals surface area contributed by atoms with Crippen molar-refractivity contribution >= 4 is 23.4 Å². The van der Waals surface area contributed by atoms with E-state index < -0.39 is 29.5 Å². The number of benzene rings is 2. The summed E-state index contributed by atoms with van der Waals surface area (Å²) < 4.78 is 27.1. The fourth-order valence-electron chi connectivity index (χ4n) is 4.01. The number of anilines is 1. The number of carbonyl (C=O) groups is 3. The van der Waals surface area contributed by atoms with E-state index in [0.29, 0.717) is 31.5 Å². The van der Waals surface area contributed by atoms with E-state index in [9.17, 15) is 23.2 Å². The van der Waals surface area contributed by atoms with Crippen LogP contribution in [0.25, 0.3) is 0 Å². The SMILES string of the molecule is O=C(NC1CCN([C@@H]2CC(=O)N(c3ccccc3F)C2=O)CC1)c1ccc(F)cc1. The number of hydrogen-bond donors (Lipinski definition) is 1. The fourth-order valence-corrected chi connectivity index (χ4v) is 4.01. The van der Waals surface area contributed by atoms with Crippen molar-refractivity contribution in [3.8, 4) is 0 Å². The first kappa shape index (κ1) is 20.2. The second-order valence-corrected chi connectivity index (χ2v) is 7.53. The highest BCUT2D eigenvalue weighted by Crippen LogP contribution is 2.29. The molecule has 0 aliphatic carbocycles. The van der Waals surface area contributed by atoms with Crippen LogP contribution < -0.4 is 10.2 Å². The van der Waals surface area contributed by atoms with Crippen LogP contribution in [0.15, 0.2) is 48.5 Å². The summed E-state index contributed by atoms with van der Waals surface area (Å²) >= 11 is 0. The van der Waals surface area contributed by atoms with Crippen LogP contribution in [-0.2, 0) is 9.59 Å². The number of piperidine rings is 1. The number of carbonyl (C=O) groups excluding carboxylic acids is 3. The summed E-state index contributed by atoms with van der Waals surface area (Å²) in [4.78, 5) is 40.4. The Labute approximate surface area is 172 Å². The Morgan fingerprint density at radius 3 is 2.30 bits per heavy atom. The lowest BCUT2D eigenvalue weighted by atomic mass is 10.0. The van der Waals surface area contributed by atoms with Crippen LogP contribution in [0.1, 0.15) is 29.6 Å². The summed E-state index contributed by atoms with van der Waals surface area (Å²) in [6, 6.07) is 10.4. The van der Waals surface area contributed by atoms with E-state index >= 15 is 0 Å².